The highest BCUT2D eigenvalue weighted by atomic mass is 14.9. The monoisotopic (exact) mass is 1520 g/mol. The van der Waals surface area contributed by atoms with E-state index in [1.54, 1.807) is 0 Å². The second-order valence-electron chi connectivity index (χ2n) is 25.6. The van der Waals surface area contributed by atoms with Crippen LogP contribution in [0.25, 0.3) is 108 Å². The van der Waals surface area contributed by atoms with Gasteiger partial charge in [-0.2, -0.15) is 0 Å². The lowest BCUT2D eigenvalue weighted by Gasteiger charge is -2.07. The summed E-state index contributed by atoms with van der Waals surface area (Å²) in [4.78, 5) is 4.44. The van der Waals surface area contributed by atoms with Gasteiger partial charge in [-0.1, -0.05) is 374 Å². The number of aryl methyl sites for hydroxylation is 14. The molecule has 3 nitrogen and oxygen atoms in total. The Bertz CT molecular complexity index is 5390. The first-order chi connectivity index (χ1) is 55.4. The van der Waals surface area contributed by atoms with Crippen molar-refractivity contribution in [3.05, 3.63) is 340 Å². The Kier molecular flexibility index (Phi) is 49.6. The predicted octanol–water partition coefficient (Wildman–Crippen LogP) is 35.4. The van der Waals surface area contributed by atoms with Gasteiger partial charge in [0.25, 0.3) is 0 Å². The van der Waals surface area contributed by atoms with E-state index in [9.17, 15) is 0 Å². The van der Waals surface area contributed by atoms with Gasteiger partial charge in [0.05, 0.1) is 5.52 Å². The zero-order valence-electron chi connectivity index (χ0n) is 77.3. The van der Waals surface area contributed by atoms with Gasteiger partial charge in [-0.15, -0.1) is 0 Å². The van der Waals surface area contributed by atoms with Gasteiger partial charge in [0.15, 0.2) is 0 Å². The molecule has 606 valence electrons. The molecule has 3 aromatic heterocycles. The molecule has 114 heavy (non-hydrogen) atoms. The van der Waals surface area contributed by atoms with Crippen molar-refractivity contribution in [2.45, 2.75) is 222 Å². The Morgan fingerprint density at radius 2 is 0.518 bits per heavy atom. The number of hydrogen-bond donors (Lipinski definition) is 0. The fourth-order valence-electron chi connectivity index (χ4n) is 13.1. The second kappa shape index (κ2) is 55.8. The molecule has 0 aliphatic carbocycles. The van der Waals surface area contributed by atoms with Crippen LogP contribution in [0.2, 0.25) is 0 Å². The normalized spacial score (nSPS) is 9.49. The van der Waals surface area contributed by atoms with Gasteiger partial charge in [-0.25, -0.2) is 0 Å². The molecule has 0 aliphatic rings. The molecule has 0 bridgehead atoms. The maximum Gasteiger partial charge on any atom is 0.0707 e. The topological polar surface area (TPSA) is 22.8 Å². The van der Waals surface area contributed by atoms with E-state index in [1.165, 1.54) is 164 Å². The van der Waals surface area contributed by atoms with Crippen LogP contribution in [0.1, 0.15) is 205 Å². The van der Waals surface area contributed by atoms with Crippen LogP contribution in [-0.4, -0.2) is 14.1 Å². The van der Waals surface area contributed by atoms with Crippen molar-refractivity contribution in [3.63, 3.8) is 0 Å². The highest BCUT2D eigenvalue weighted by Crippen LogP contribution is 2.33. The molecule has 0 spiro atoms. The van der Waals surface area contributed by atoms with E-state index in [-0.39, 0.29) is 0 Å². The summed E-state index contributed by atoms with van der Waals surface area (Å²) in [5.41, 5.74) is 22.2. The van der Waals surface area contributed by atoms with Crippen LogP contribution < -0.4 is 0 Å². The van der Waals surface area contributed by atoms with Crippen molar-refractivity contribution in [1.29, 1.82) is 0 Å². The summed E-state index contributed by atoms with van der Waals surface area (Å²) >= 11 is 0. The third kappa shape index (κ3) is 28.2. The van der Waals surface area contributed by atoms with Crippen LogP contribution in [0.4, 0.5) is 0 Å². The number of para-hydroxylation sites is 3. The summed E-state index contributed by atoms with van der Waals surface area (Å²) in [6.07, 6.45) is 0. The molecule has 17 aromatic rings. The van der Waals surface area contributed by atoms with Crippen molar-refractivity contribution in [2.75, 3.05) is 0 Å². The Balaban J connectivity index is 0.000000644. The number of nitrogens with zero attached hydrogens (tertiary/aromatic N) is 3. The molecule has 17 rings (SSSR count). The molecule has 0 saturated carbocycles. The van der Waals surface area contributed by atoms with Crippen molar-refractivity contribution in [2.24, 2.45) is 14.1 Å². The molecular formula is C111H147N3. The fourth-order valence-corrected chi connectivity index (χ4v) is 13.1. The lowest BCUT2D eigenvalue weighted by Crippen LogP contribution is -1.86. The van der Waals surface area contributed by atoms with E-state index in [4.69, 9.17) is 0 Å². The minimum Gasteiger partial charge on any atom is -0.344 e. The molecule has 3 heterocycles. The summed E-state index contributed by atoms with van der Waals surface area (Å²) in [7, 11) is 4.25. The average Bonchev–Trinajstić information content (AvgIpc) is 1.61. The quantitative estimate of drug-likeness (QED) is 0.110. The summed E-state index contributed by atoms with van der Waals surface area (Å²) < 4.78 is 4.52. The van der Waals surface area contributed by atoms with Gasteiger partial charge >= 0.3 is 0 Å². The summed E-state index contributed by atoms with van der Waals surface area (Å²) in [5.74, 6) is 0. The van der Waals surface area contributed by atoms with E-state index in [0.29, 0.717) is 0 Å². The maximum atomic E-state index is 4.44. The smallest absolute Gasteiger partial charge is 0.0707 e. The minimum absolute atomic E-state index is 1.09. The first kappa shape index (κ1) is 101. The summed E-state index contributed by atoms with van der Waals surface area (Å²) in [6, 6.07) is 97.1. The Labute approximate surface area is 693 Å². The van der Waals surface area contributed by atoms with Crippen LogP contribution in [0.3, 0.4) is 0 Å². The SMILES string of the molecule is CC.CC.CC.CC.CC.CC.CC.CC.CC.CC.Cc1cc(C)c2ccccc2c1.Cc1cc(C)c2ccccc2n1.Cc1ccc(C)c2cc3ccccc3cc12.Cc1ccc2c(c1)c1ccccc1n2C.Cc1ccc2c3ccccc3n(C)c2c1.Cc1ccc2cc(C)c3ccccc3c2c1.Cc1ccccc1C. The summed E-state index contributed by atoms with van der Waals surface area (Å²) in [6.45, 7) is 65.6. The van der Waals surface area contributed by atoms with E-state index in [2.05, 4.69) is 365 Å². The van der Waals surface area contributed by atoms with Gasteiger partial charge in [0.1, 0.15) is 0 Å². The second-order valence-corrected chi connectivity index (χ2v) is 25.6. The number of hydrogen-bond acceptors (Lipinski definition) is 1. The number of pyridine rings is 1. The van der Waals surface area contributed by atoms with Crippen LogP contribution in [0.5, 0.6) is 0 Å². The molecule has 0 saturated heterocycles. The van der Waals surface area contributed by atoms with Gasteiger partial charge < -0.3 is 9.13 Å². The lowest BCUT2D eigenvalue weighted by molar-refractivity contribution is 1.01. The number of aromatic nitrogens is 3. The highest BCUT2D eigenvalue weighted by molar-refractivity contribution is 6.10. The maximum absolute atomic E-state index is 4.44. The van der Waals surface area contributed by atoms with Crippen molar-refractivity contribution >= 4 is 108 Å². The molecule has 0 fully saturated rings. The minimum atomic E-state index is 1.09. The number of benzene rings is 14. The Hall–Kier alpha value is -10.6. The van der Waals surface area contributed by atoms with E-state index >= 15 is 0 Å². The Morgan fingerprint density at radius 1 is 0.175 bits per heavy atom. The van der Waals surface area contributed by atoms with Gasteiger partial charge in [0.2, 0.25) is 0 Å². The first-order valence-corrected chi connectivity index (χ1v) is 42.9. The standard InChI is InChI=1S/2C16H14.2C14H13N.C12H12.C11H11N.C8H10.10C2H6/c1-11-7-8-12(2)16-10-14-6-4-3-5-13(14)9-15(11)16;1-11-7-8-13-10-12(2)14-5-3-4-6-15(14)16(13)9-11;1-10-7-8-14-12(9-10)11-5-3-4-6-13(11)15(14)2;1-10-7-8-12-11-5-3-4-6-13(11)15(2)14(12)9-10;1-9-7-10(2)12-6-4-3-5-11(12)8-9;1-8-7-9(2)12-11-6-4-3-5-10(8)11;1-7-5-3-4-6-8(7)2;10*1-2/h2*3-10H,1-2H3;2*3-9H,1-2H3;3-8H,1-2H3;3-7H,1-2H3;3-6H,1-2H3;10*1-2H3. The zero-order valence-corrected chi connectivity index (χ0v) is 77.3. The third-order valence-corrected chi connectivity index (χ3v) is 18.4. The summed E-state index contributed by atoms with van der Waals surface area (Å²) in [5, 5.41) is 20.2. The van der Waals surface area contributed by atoms with Crippen molar-refractivity contribution in [3.8, 4) is 0 Å². The molecule has 0 aliphatic heterocycles. The molecule has 0 radical (unpaired) electrons. The first-order valence-electron chi connectivity index (χ1n) is 42.9. The highest BCUT2D eigenvalue weighted by Gasteiger charge is 2.10. The van der Waals surface area contributed by atoms with Crippen molar-refractivity contribution < 1.29 is 0 Å². The van der Waals surface area contributed by atoms with Crippen LogP contribution in [0.15, 0.2) is 273 Å². The van der Waals surface area contributed by atoms with Crippen molar-refractivity contribution in [1.82, 2.24) is 14.1 Å². The van der Waals surface area contributed by atoms with Gasteiger partial charge in [-0.3, -0.25) is 4.98 Å². The van der Waals surface area contributed by atoms with Gasteiger partial charge in [-0.05, 0) is 236 Å². The largest absolute Gasteiger partial charge is 0.344 e. The number of rotatable bonds is 0. The van der Waals surface area contributed by atoms with Crippen LogP contribution in [-0.2, 0) is 14.1 Å². The lowest BCUT2D eigenvalue weighted by atomic mass is 9.97. The number of fused-ring (bicyclic) bond motifs is 13. The molecule has 0 N–H and O–H groups in total. The average molecular weight is 1520 g/mol. The predicted molar refractivity (Wildman–Crippen MR) is 526 cm³/mol. The van der Waals surface area contributed by atoms with Gasteiger partial charge in [0, 0.05) is 68.8 Å². The van der Waals surface area contributed by atoms with Crippen LogP contribution >= 0.6 is 0 Å². The fraction of sp³-hybridized carbons (Fsp3) is 0.306. The Morgan fingerprint density at radius 3 is 1.03 bits per heavy atom. The molecule has 14 aromatic carbocycles. The molecule has 3 heteroatoms. The third-order valence-electron chi connectivity index (χ3n) is 18.4. The molecule has 0 unspecified atom stereocenters. The van der Waals surface area contributed by atoms with E-state index < -0.39 is 0 Å². The van der Waals surface area contributed by atoms with Crippen LogP contribution in [0, 0.1) is 83.1 Å². The molecule has 0 amide bonds. The molecular weight excluding hydrogens is 1380 g/mol. The zero-order chi connectivity index (χ0) is 86.2. The van der Waals surface area contributed by atoms with E-state index in [0.717, 1.165) is 11.2 Å². The van der Waals surface area contributed by atoms with E-state index in [1.807, 2.05) is 158 Å². The molecule has 0 atom stereocenters.